The van der Waals surface area contributed by atoms with E-state index in [1.54, 1.807) is 6.07 Å². The van der Waals surface area contributed by atoms with Crippen molar-refractivity contribution in [3.05, 3.63) is 52.6 Å². The topological polar surface area (TPSA) is 112 Å². The van der Waals surface area contributed by atoms with Gasteiger partial charge in [-0.3, -0.25) is 4.57 Å². The van der Waals surface area contributed by atoms with Crippen LogP contribution >= 0.6 is 0 Å². The summed E-state index contributed by atoms with van der Waals surface area (Å²) in [5, 5.41) is 13.0. The van der Waals surface area contributed by atoms with Gasteiger partial charge >= 0.3 is 11.6 Å². The largest absolute Gasteiger partial charge is 0.496 e. The number of hydrogen-bond donors (Lipinski definition) is 3. The maximum absolute atomic E-state index is 14.4. The van der Waals surface area contributed by atoms with Gasteiger partial charge in [0, 0.05) is 24.8 Å². The molecule has 0 aliphatic carbocycles. The maximum atomic E-state index is 14.4. The zero-order valence-electron chi connectivity index (χ0n) is 14.5. The number of nitrogens with zero attached hydrogens (tertiary/aromatic N) is 2. The lowest BCUT2D eigenvalue weighted by Crippen LogP contribution is -2.43. The number of nitrogens with two attached hydrogens (primary N) is 1. The number of para-hydroxylation sites is 1. The second-order valence-corrected chi connectivity index (χ2v) is 6.13. The number of alkyl halides is 2. The predicted molar refractivity (Wildman–Crippen MR) is 92.5 cm³/mol. The van der Waals surface area contributed by atoms with Crippen molar-refractivity contribution in [1.29, 1.82) is 0 Å². The number of benzene rings is 1. The lowest BCUT2D eigenvalue weighted by atomic mass is 10.1. The summed E-state index contributed by atoms with van der Waals surface area (Å²) in [5.41, 5.74) is 5.22. The number of halogens is 2. The van der Waals surface area contributed by atoms with Crippen molar-refractivity contribution in [2.45, 2.75) is 30.9 Å². The fraction of sp³-hybridized carbons (Fsp3) is 0.412. The first-order chi connectivity index (χ1) is 12.8. The highest BCUT2D eigenvalue weighted by atomic mass is 19.3. The van der Waals surface area contributed by atoms with E-state index in [0.717, 1.165) is 11.8 Å². The normalized spacial score (nSPS) is 24.1. The summed E-state index contributed by atoms with van der Waals surface area (Å²) in [4.78, 5) is 15.3. The van der Waals surface area contributed by atoms with E-state index in [2.05, 4.69) is 10.3 Å². The summed E-state index contributed by atoms with van der Waals surface area (Å²) in [7, 11) is 1.53. The van der Waals surface area contributed by atoms with Crippen molar-refractivity contribution >= 4 is 5.82 Å². The Morgan fingerprint density at radius 1 is 1.41 bits per heavy atom. The molecule has 0 saturated carbocycles. The van der Waals surface area contributed by atoms with E-state index >= 15 is 0 Å². The first kappa shape index (κ1) is 19.2. The predicted octanol–water partition coefficient (Wildman–Crippen LogP) is 0.517. The van der Waals surface area contributed by atoms with E-state index in [4.69, 9.17) is 15.2 Å². The molecule has 4 N–H and O–H groups in total. The molecular weight excluding hydrogens is 362 g/mol. The molecule has 27 heavy (non-hydrogen) atoms. The van der Waals surface area contributed by atoms with E-state index in [1.165, 1.54) is 13.2 Å². The van der Waals surface area contributed by atoms with Gasteiger partial charge in [0.2, 0.25) is 6.23 Å². The van der Waals surface area contributed by atoms with Crippen molar-refractivity contribution in [3.8, 4) is 5.75 Å². The molecule has 2 heterocycles. The number of hydrogen-bond acceptors (Lipinski definition) is 7. The number of ether oxygens (including phenoxy) is 2. The summed E-state index contributed by atoms with van der Waals surface area (Å²) < 4.78 is 40.0. The van der Waals surface area contributed by atoms with Gasteiger partial charge in [-0.1, -0.05) is 18.2 Å². The smallest absolute Gasteiger partial charge is 0.351 e. The van der Waals surface area contributed by atoms with Crippen LogP contribution in [-0.2, 0) is 11.3 Å². The van der Waals surface area contributed by atoms with Gasteiger partial charge < -0.3 is 25.6 Å². The molecule has 1 aromatic carbocycles. The van der Waals surface area contributed by atoms with Gasteiger partial charge in [0.25, 0.3) is 0 Å². The quantitative estimate of drug-likeness (QED) is 0.668. The SMILES string of the molecule is COc1ccccc1CNC[C@H]1O[C@@H](n2ccc(N)nc2=O)C(F)(F)[C@@H]1O. The fourth-order valence-corrected chi connectivity index (χ4v) is 2.94. The van der Waals surface area contributed by atoms with E-state index in [1.807, 2.05) is 18.2 Å². The fourth-order valence-electron chi connectivity index (χ4n) is 2.94. The summed E-state index contributed by atoms with van der Waals surface area (Å²) in [6.45, 7) is 0.276. The molecule has 1 aromatic heterocycles. The number of aliphatic hydroxyl groups is 1. The third-order valence-electron chi connectivity index (χ3n) is 4.34. The maximum Gasteiger partial charge on any atom is 0.351 e. The molecule has 1 fully saturated rings. The zero-order chi connectivity index (χ0) is 19.6. The molecule has 0 unspecified atom stereocenters. The van der Waals surface area contributed by atoms with Crippen molar-refractivity contribution < 1.29 is 23.4 Å². The van der Waals surface area contributed by atoms with E-state index in [-0.39, 0.29) is 12.4 Å². The molecule has 2 aromatic rings. The van der Waals surface area contributed by atoms with Crippen LogP contribution in [0, 0.1) is 0 Å². The molecule has 10 heteroatoms. The molecule has 3 rings (SSSR count). The van der Waals surface area contributed by atoms with Gasteiger partial charge in [-0.25, -0.2) is 4.79 Å². The van der Waals surface area contributed by atoms with Gasteiger partial charge in [-0.05, 0) is 12.1 Å². The van der Waals surface area contributed by atoms with Gasteiger partial charge in [0.05, 0.1) is 7.11 Å². The van der Waals surface area contributed by atoms with Crippen LogP contribution in [0.3, 0.4) is 0 Å². The second-order valence-electron chi connectivity index (χ2n) is 6.13. The minimum absolute atomic E-state index is 0.0531. The number of methoxy groups -OCH3 is 1. The monoisotopic (exact) mass is 382 g/mol. The first-order valence-electron chi connectivity index (χ1n) is 8.23. The molecule has 0 radical (unpaired) electrons. The Kier molecular flexibility index (Phi) is 5.40. The summed E-state index contributed by atoms with van der Waals surface area (Å²) in [6.07, 6.45) is -4.20. The van der Waals surface area contributed by atoms with Crippen LogP contribution in [0.15, 0.2) is 41.3 Å². The number of nitrogens with one attached hydrogen (secondary N) is 1. The Balaban J connectivity index is 1.69. The Labute approximate surface area is 153 Å². The number of aliphatic hydroxyl groups excluding tert-OH is 1. The highest BCUT2D eigenvalue weighted by Gasteiger charge is 2.59. The Morgan fingerprint density at radius 2 is 2.15 bits per heavy atom. The summed E-state index contributed by atoms with van der Waals surface area (Å²) in [5.74, 6) is -3.10. The van der Waals surface area contributed by atoms with Crippen molar-refractivity contribution in [1.82, 2.24) is 14.9 Å². The van der Waals surface area contributed by atoms with Crippen LogP contribution in [0.5, 0.6) is 5.75 Å². The lowest BCUT2D eigenvalue weighted by molar-refractivity contribution is -0.140. The molecule has 3 atom stereocenters. The molecular formula is C17H20F2N4O4. The average molecular weight is 382 g/mol. The van der Waals surface area contributed by atoms with Crippen molar-refractivity contribution in [3.63, 3.8) is 0 Å². The van der Waals surface area contributed by atoms with E-state index < -0.39 is 30.0 Å². The van der Waals surface area contributed by atoms with Crippen molar-refractivity contribution in [2.75, 3.05) is 19.4 Å². The standard InChI is InChI=1S/C17H20F2N4O4/c1-26-11-5-3-2-4-10(11)8-21-9-12-14(24)17(18,19)15(27-12)23-7-6-13(20)22-16(23)25/h2-7,12,14-15,21,24H,8-9H2,1H3,(H2,20,22,25)/t12-,14-,15-/m1/s1. The van der Waals surface area contributed by atoms with Crippen LogP contribution in [0.25, 0.3) is 0 Å². The average Bonchev–Trinajstić information content (AvgIpc) is 2.86. The molecule has 0 bridgehead atoms. The molecule has 8 nitrogen and oxygen atoms in total. The number of nitrogen functional groups attached to an aromatic ring is 1. The third-order valence-corrected chi connectivity index (χ3v) is 4.34. The number of anilines is 1. The third kappa shape index (κ3) is 3.77. The van der Waals surface area contributed by atoms with Crippen LogP contribution < -0.4 is 21.5 Å². The minimum Gasteiger partial charge on any atom is -0.496 e. The van der Waals surface area contributed by atoms with Gasteiger partial charge in [-0.15, -0.1) is 0 Å². The number of rotatable bonds is 6. The Bertz CT molecular complexity index is 861. The second kappa shape index (κ2) is 7.59. The summed E-state index contributed by atoms with van der Waals surface area (Å²) in [6, 6.07) is 8.46. The lowest BCUT2D eigenvalue weighted by Gasteiger charge is -2.20. The summed E-state index contributed by atoms with van der Waals surface area (Å²) >= 11 is 0. The van der Waals surface area contributed by atoms with Crippen LogP contribution in [0.1, 0.15) is 11.8 Å². The zero-order valence-corrected chi connectivity index (χ0v) is 14.5. The first-order valence-corrected chi connectivity index (χ1v) is 8.23. The molecule has 146 valence electrons. The molecule has 1 aliphatic rings. The molecule has 0 spiro atoms. The van der Waals surface area contributed by atoms with Gasteiger partial charge in [0.1, 0.15) is 23.8 Å². The molecule has 1 aliphatic heterocycles. The molecule has 0 amide bonds. The van der Waals surface area contributed by atoms with Gasteiger partial charge in [0.15, 0.2) is 0 Å². The van der Waals surface area contributed by atoms with Crippen LogP contribution in [0.2, 0.25) is 0 Å². The Hall–Kier alpha value is -2.56. The van der Waals surface area contributed by atoms with E-state index in [9.17, 15) is 18.7 Å². The highest BCUT2D eigenvalue weighted by Crippen LogP contribution is 2.42. The number of aromatic nitrogens is 2. The minimum atomic E-state index is -3.67. The molecule has 1 saturated heterocycles. The van der Waals surface area contributed by atoms with Crippen LogP contribution in [-0.4, -0.2) is 46.4 Å². The van der Waals surface area contributed by atoms with Gasteiger partial charge in [-0.2, -0.15) is 13.8 Å². The van der Waals surface area contributed by atoms with E-state index in [0.29, 0.717) is 16.9 Å². The highest BCUT2D eigenvalue weighted by molar-refractivity contribution is 5.33. The Morgan fingerprint density at radius 3 is 2.85 bits per heavy atom. The van der Waals surface area contributed by atoms with Crippen LogP contribution in [0.4, 0.5) is 14.6 Å². The van der Waals surface area contributed by atoms with Crippen molar-refractivity contribution in [2.24, 2.45) is 0 Å².